The standard InChI is InChI=1S/C18H19F2N5O7S/c1-17(8-33(30,31)25(2)16(21)24-17)11-5-9(3-4-12(11)19)23-15(26)14-13(20)6-10(7-22-14)32-18(27,28)29/h3-7,27-29H,8H2,1-2H3,(H2,21,24)(H,23,26)/t17-/m0/s1. The van der Waals surface area contributed by atoms with Gasteiger partial charge in [0.15, 0.2) is 11.5 Å². The Morgan fingerprint density at radius 2 is 1.94 bits per heavy atom. The molecule has 6 N–H and O–H groups in total. The van der Waals surface area contributed by atoms with Crippen LogP contribution in [0.3, 0.4) is 0 Å². The van der Waals surface area contributed by atoms with Gasteiger partial charge in [-0.1, -0.05) is 0 Å². The first kappa shape index (κ1) is 24.2. The van der Waals surface area contributed by atoms with Crippen molar-refractivity contribution in [3.05, 3.63) is 53.4 Å². The Balaban J connectivity index is 1.90. The minimum atomic E-state index is -3.89. The lowest BCUT2D eigenvalue weighted by Crippen LogP contribution is -2.50. The van der Waals surface area contributed by atoms with E-state index in [1.807, 2.05) is 0 Å². The highest BCUT2D eigenvalue weighted by Gasteiger charge is 2.41. The molecule has 0 saturated heterocycles. The molecule has 2 aromatic rings. The third kappa shape index (κ3) is 5.16. The fourth-order valence-electron chi connectivity index (χ4n) is 3.10. The summed E-state index contributed by atoms with van der Waals surface area (Å²) in [6.07, 6.45) is -2.83. The second-order valence-corrected chi connectivity index (χ2v) is 9.29. The molecule has 12 nitrogen and oxygen atoms in total. The Labute approximate surface area is 186 Å². The van der Waals surface area contributed by atoms with E-state index < -0.39 is 56.5 Å². The van der Waals surface area contributed by atoms with Crippen LogP contribution in [0.15, 0.2) is 35.5 Å². The minimum Gasteiger partial charge on any atom is -0.415 e. The van der Waals surface area contributed by atoms with Gasteiger partial charge in [-0.3, -0.25) is 4.79 Å². The highest BCUT2D eigenvalue weighted by molar-refractivity contribution is 7.89. The smallest absolute Gasteiger partial charge is 0.415 e. The number of nitrogens with zero attached hydrogens (tertiary/aromatic N) is 3. The average Bonchev–Trinajstić information content (AvgIpc) is 2.66. The molecule has 0 saturated carbocycles. The third-order valence-corrected chi connectivity index (χ3v) is 6.60. The van der Waals surface area contributed by atoms with E-state index in [-0.39, 0.29) is 17.2 Å². The van der Waals surface area contributed by atoms with Crippen molar-refractivity contribution in [3.63, 3.8) is 0 Å². The molecule has 3 rings (SSSR count). The Morgan fingerprint density at radius 3 is 2.52 bits per heavy atom. The number of aliphatic hydroxyl groups is 3. The van der Waals surface area contributed by atoms with E-state index in [1.54, 1.807) is 0 Å². The molecule has 1 aromatic heterocycles. The van der Waals surface area contributed by atoms with E-state index in [1.165, 1.54) is 14.0 Å². The predicted molar refractivity (Wildman–Crippen MR) is 109 cm³/mol. The Hall–Kier alpha value is -3.40. The lowest BCUT2D eigenvalue weighted by molar-refractivity contribution is -0.419. The van der Waals surface area contributed by atoms with Gasteiger partial charge in [0, 0.05) is 24.4 Å². The molecule has 1 aromatic carbocycles. The number of aromatic nitrogens is 1. The van der Waals surface area contributed by atoms with Crippen LogP contribution in [0.4, 0.5) is 14.5 Å². The molecule has 15 heteroatoms. The molecule has 1 amide bonds. The number of halogens is 2. The van der Waals surface area contributed by atoms with Gasteiger partial charge in [-0.25, -0.2) is 31.5 Å². The van der Waals surface area contributed by atoms with Crippen LogP contribution in [-0.4, -0.2) is 63.9 Å². The zero-order valence-electron chi connectivity index (χ0n) is 17.2. The van der Waals surface area contributed by atoms with Crippen LogP contribution in [0, 0.1) is 11.6 Å². The molecule has 0 radical (unpaired) electrons. The first-order valence-electron chi connectivity index (χ1n) is 9.06. The monoisotopic (exact) mass is 487 g/mol. The van der Waals surface area contributed by atoms with Crippen molar-refractivity contribution >= 4 is 27.6 Å². The molecule has 0 bridgehead atoms. The summed E-state index contributed by atoms with van der Waals surface area (Å²) in [5, 5.41) is 28.5. The van der Waals surface area contributed by atoms with E-state index in [0.717, 1.165) is 28.7 Å². The summed E-state index contributed by atoms with van der Waals surface area (Å²) in [6, 6.07) is 3.83. The number of benzene rings is 1. The maximum absolute atomic E-state index is 14.6. The van der Waals surface area contributed by atoms with Crippen molar-refractivity contribution in [1.82, 2.24) is 9.29 Å². The van der Waals surface area contributed by atoms with Gasteiger partial charge in [-0.05, 0) is 25.1 Å². The molecule has 2 heterocycles. The first-order valence-corrected chi connectivity index (χ1v) is 10.7. The molecule has 0 unspecified atom stereocenters. The number of sulfonamides is 1. The third-order valence-electron chi connectivity index (χ3n) is 4.66. The van der Waals surface area contributed by atoms with E-state index in [4.69, 9.17) is 21.1 Å². The number of hydrogen-bond acceptors (Lipinski definition) is 10. The van der Waals surface area contributed by atoms with E-state index in [9.17, 15) is 22.0 Å². The number of nitrogens with one attached hydrogen (secondary N) is 1. The van der Waals surface area contributed by atoms with Gasteiger partial charge in [-0.2, -0.15) is 0 Å². The number of amides is 1. The summed E-state index contributed by atoms with van der Waals surface area (Å²) in [7, 11) is -2.68. The predicted octanol–water partition coefficient (Wildman–Crippen LogP) is -0.616. The number of anilines is 1. The summed E-state index contributed by atoms with van der Waals surface area (Å²) in [5.74, 6) is -4.63. The van der Waals surface area contributed by atoms with Crippen LogP contribution in [-0.2, 0) is 15.6 Å². The zero-order chi connectivity index (χ0) is 24.8. The van der Waals surface area contributed by atoms with Crippen molar-refractivity contribution in [2.45, 2.75) is 18.6 Å². The van der Waals surface area contributed by atoms with Crippen molar-refractivity contribution < 1.29 is 42.0 Å². The van der Waals surface area contributed by atoms with E-state index in [2.05, 4.69) is 20.0 Å². The number of carbonyl (C=O) groups is 1. The molecule has 1 atom stereocenters. The highest BCUT2D eigenvalue weighted by Crippen LogP contribution is 2.34. The fourth-order valence-corrected chi connectivity index (χ4v) is 4.55. The van der Waals surface area contributed by atoms with Crippen molar-refractivity contribution in [3.8, 4) is 5.75 Å². The molecular weight excluding hydrogens is 468 g/mol. The molecule has 1 aliphatic heterocycles. The normalized spacial score (nSPS) is 20.2. The van der Waals surface area contributed by atoms with Crippen LogP contribution in [0.25, 0.3) is 0 Å². The number of nitrogens with two attached hydrogens (primary N) is 1. The fraction of sp³-hybridized carbons (Fsp3) is 0.278. The van der Waals surface area contributed by atoms with Gasteiger partial charge in [-0.15, -0.1) is 0 Å². The first-order chi connectivity index (χ1) is 15.1. The van der Waals surface area contributed by atoms with Gasteiger partial charge in [0.05, 0.1) is 11.9 Å². The molecule has 178 valence electrons. The summed E-state index contributed by atoms with van der Waals surface area (Å²) < 4.78 is 58.5. The summed E-state index contributed by atoms with van der Waals surface area (Å²) in [6.45, 7) is 1.36. The lowest BCUT2D eigenvalue weighted by atomic mass is 9.93. The van der Waals surface area contributed by atoms with E-state index >= 15 is 0 Å². The largest absolute Gasteiger partial charge is 0.453 e. The van der Waals surface area contributed by atoms with Crippen molar-refractivity contribution in [2.24, 2.45) is 10.7 Å². The zero-order valence-corrected chi connectivity index (χ0v) is 18.0. The van der Waals surface area contributed by atoms with Gasteiger partial charge in [0.2, 0.25) is 16.0 Å². The molecule has 0 aliphatic carbocycles. The van der Waals surface area contributed by atoms with Crippen LogP contribution in [0.1, 0.15) is 23.0 Å². The maximum Gasteiger partial charge on any atom is 0.453 e. The number of carbonyl (C=O) groups excluding carboxylic acids is 1. The number of aliphatic imine (C=N–C) groups is 1. The molecule has 1 aliphatic rings. The summed E-state index contributed by atoms with van der Waals surface area (Å²) in [4.78, 5) is 20.0. The Kier molecular flexibility index (Phi) is 6.01. The second kappa shape index (κ2) is 8.18. The number of hydrogen-bond donors (Lipinski definition) is 5. The van der Waals surface area contributed by atoms with Crippen molar-refractivity contribution in [1.29, 1.82) is 0 Å². The quantitative estimate of drug-likeness (QED) is 0.343. The van der Waals surface area contributed by atoms with E-state index in [0.29, 0.717) is 6.07 Å². The average molecular weight is 487 g/mol. The van der Waals surface area contributed by atoms with Gasteiger partial charge < -0.3 is 31.1 Å². The summed E-state index contributed by atoms with van der Waals surface area (Å²) in [5.41, 5.74) is 3.14. The Morgan fingerprint density at radius 1 is 1.27 bits per heavy atom. The molecular formula is C18H19F2N5O7S. The van der Waals surface area contributed by atoms with Gasteiger partial charge >= 0.3 is 6.16 Å². The Bertz CT molecular complexity index is 1250. The number of guanidine groups is 1. The highest BCUT2D eigenvalue weighted by atomic mass is 32.2. The topological polar surface area (TPSA) is 188 Å². The summed E-state index contributed by atoms with van der Waals surface area (Å²) >= 11 is 0. The van der Waals surface area contributed by atoms with Crippen LogP contribution < -0.4 is 15.8 Å². The van der Waals surface area contributed by atoms with Gasteiger partial charge in [0.25, 0.3) is 5.91 Å². The van der Waals surface area contributed by atoms with Crippen molar-refractivity contribution in [2.75, 3.05) is 18.1 Å². The van der Waals surface area contributed by atoms with Crippen LogP contribution >= 0.6 is 0 Å². The number of rotatable bonds is 5. The number of pyridine rings is 1. The maximum atomic E-state index is 14.6. The van der Waals surface area contributed by atoms with Crippen LogP contribution in [0.5, 0.6) is 5.75 Å². The molecule has 0 spiro atoms. The van der Waals surface area contributed by atoms with Gasteiger partial charge in [0.1, 0.15) is 17.1 Å². The SMILES string of the molecule is CN1C(N)=N[C@](C)(c2cc(NC(=O)c3ncc(OC(O)(O)O)cc3F)ccc2F)CS1(=O)=O. The van der Waals surface area contributed by atoms with Crippen LogP contribution in [0.2, 0.25) is 0 Å². The minimum absolute atomic E-state index is 0.0238. The lowest BCUT2D eigenvalue weighted by Gasteiger charge is -2.34. The second-order valence-electron chi connectivity index (χ2n) is 7.29. The number of ether oxygens (including phenoxy) is 1. The molecule has 0 fully saturated rings. The molecule has 33 heavy (non-hydrogen) atoms.